The number of fused-ring (bicyclic) bond motifs is 1. The number of rotatable bonds is 12. The number of allylic oxidation sites excluding steroid dienone is 1. The van der Waals surface area contributed by atoms with Gasteiger partial charge >= 0.3 is 0 Å². The molecular weight excluding hydrogens is 674 g/mol. The summed E-state index contributed by atoms with van der Waals surface area (Å²) < 4.78 is 14.7. The number of aryl methyl sites for hydroxylation is 2. The lowest BCUT2D eigenvalue weighted by Crippen LogP contribution is -2.31. The zero-order chi connectivity index (χ0) is 32.1. The molecule has 1 aliphatic heterocycles. The molecule has 0 aliphatic carbocycles. The van der Waals surface area contributed by atoms with E-state index in [9.17, 15) is 4.79 Å². The Morgan fingerprint density at radius 2 is 1.91 bits per heavy atom. The monoisotopic (exact) mass is 709 g/mol. The van der Waals surface area contributed by atoms with Gasteiger partial charge in [-0.05, 0) is 91.0 Å². The van der Waals surface area contributed by atoms with Gasteiger partial charge in [-0.3, -0.25) is 4.79 Å². The van der Waals surface area contributed by atoms with Crippen molar-refractivity contribution >= 4 is 56.8 Å². The molecule has 0 fully saturated rings. The third-order valence-electron chi connectivity index (χ3n) is 7.41. The maximum Gasteiger partial charge on any atom is 0.255 e. The van der Waals surface area contributed by atoms with E-state index in [-0.39, 0.29) is 5.91 Å². The molecule has 0 bridgehead atoms. The zero-order valence-corrected chi connectivity index (χ0v) is 29.2. The largest absolute Gasteiger partial charge is 0.490 e. The summed E-state index contributed by atoms with van der Waals surface area (Å²) in [6.45, 7) is 11.0. The Bertz CT molecular complexity index is 1740. The number of carbonyl (C=O) groups is 1. The molecule has 3 aromatic carbocycles. The van der Waals surface area contributed by atoms with Gasteiger partial charge in [-0.25, -0.2) is 4.68 Å². The SMILES string of the molecule is CCCCOc1c(Br)cc(C2C(C(=O)Nc3ccc(C)cc3C)=C(C)Nc3nc(SCc4ccccc4Cl)nn32)cc1OCC. The van der Waals surface area contributed by atoms with Crippen LogP contribution in [0.2, 0.25) is 5.02 Å². The number of carbonyl (C=O) groups excluding carboxylic acids is 1. The quantitative estimate of drug-likeness (QED) is 0.112. The lowest BCUT2D eigenvalue weighted by molar-refractivity contribution is -0.113. The minimum atomic E-state index is -0.602. The molecule has 45 heavy (non-hydrogen) atoms. The molecule has 0 spiro atoms. The second-order valence-corrected chi connectivity index (χ2v) is 13.1. The number of amides is 1. The van der Waals surface area contributed by atoms with Crippen LogP contribution in [0.5, 0.6) is 11.5 Å². The predicted octanol–water partition coefficient (Wildman–Crippen LogP) is 9.11. The molecule has 0 radical (unpaired) electrons. The molecule has 2 heterocycles. The summed E-state index contributed by atoms with van der Waals surface area (Å²) in [5.74, 6) is 2.14. The summed E-state index contributed by atoms with van der Waals surface area (Å²) in [4.78, 5) is 18.9. The molecule has 1 unspecified atom stereocenters. The number of nitrogens with zero attached hydrogens (tertiary/aromatic N) is 3. The number of unbranched alkanes of at least 4 members (excludes halogenated alkanes) is 1. The van der Waals surface area contributed by atoms with Gasteiger partial charge in [-0.15, -0.1) is 5.10 Å². The first-order valence-corrected chi connectivity index (χ1v) is 17.1. The molecule has 0 saturated carbocycles. The number of ether oxygens (including phenoxy) is 2. The average molecular weight is 711 g/mol. The molecule has 11 heteroatoms. The highest BCUT2D eigenvalue weighted by Crippen LogP contribution is 2.44. The van der Waals surface area contributed by atoms with E-state index in [0.29, 0.717) is 57.9 Å². The minimum Gasteiger partial charge on any atom is -0.490 e. The van der Waals surface area contributed by atoms with Gasteiger partial charge in [0, 0.05) is 22.2 Å². The van der Waals surface area contributed by atoms with E-state index < -0.39 is 6.04 Å². The van der Waals surface area contributed by atoms with Crippen LogP contribution in [-0.4, -0.2) is 33.9 Å². The van der Waals surface area contributed by atoms with E-state index in [2.05, 4.69) is 33.5 Å². The van der Waals surface area contributed by atoms with Crippen molar-refractivity contribution in [2.45, 2.75) is 64.4 Å². The molecule has 1 aromatic heterocycles. The minimum absolute atomic E-state index is 0.235. The number of hydrogen-bond donors (Lipinski definition) is 2. The Morgan fingerprint density at radius 1 is 1.11 bits per heavy atom. The van der Waals surface area contributed by atoms with Gasteiger partial charge in [-0.2, -0.15) is 4.98 Å². The Balaban J connectivity index is 1.57. The highest BCUT2D eigenvalue weighted by molar-refractivity contribution is 9.10. The van der Waals surface area contributed by atoms with E-state index in [0.717, 1.165) is 45.3 Å². The van der Waals surface area contributed by atoms with E-state index in [1.807, 2.05) is 82.3 Å². The normalized spacial score (nSPS) is 14.2. The Morgan fingerprint density at radius 3 is 2.64 bits per heavy atom. The van der Waals surface area contributed by atoms with Gasteiger partial charge in [0.2, 0.25) is 11.1 Å². The summed E-state index contributed by atoms with van der Waals surface area (Å²) in [6, 6.07) is 17.0. The Hall–Kier alpha value is -3.47. The van der Waals surface area contributed by atoms with E-state index in [1.54, 1.807) is 4.68 Å². The lowest BCUT2D eigenvalue weighted by Gasteiger charge is -2.29. The third-order valence-corrected chi connectivity index (χ3v) is 9.26. The molecule has 1 atom stereocenters. The molecule has 236 valence electrons. The summed E-state index contributed by atoms with van der Waals surface area (Å²) in [5, 5.41) is 12.6. The molecular formula is C34H37BrClN5O3S. The van der Waals surface area contributed by atoms with Crippen molar-refractivity contribution in [1.29, 1.82) is 0 Å². The predicted molar refractivity (Wildman–Crippen MR) is 186 cm³/mol. The summed E-state index contributed by atoms with van der Waals surface area (Å²) in [5.41, 5.74) is 5.85. The topological polar surface area (TPSA) is 90.3 Å². The molecule has 4 aromatic rings. The Labute approximate surface area is 282 Å². The first kappa shape index (κ1) is 32.9. The Kier molecular flexibility index (Phi) is 10.8. The third kappa shape index (κ3) is 7.51. The average Bonchev–Trinajstić information content (AvgIpc) is 3.41. The number of thioether (sulfide) groups is 1. The van der Waals surface area contributed by atoms with Crippen molar-refractivity contribution < 1.29 is 14.3 Å². The molecule has 1 amide bonds. The standard InChI is InChI=1S/C34H37BrClN5O3S/c1-6-8-15-44-31-25(35)17-24(18-28(31)43-7-2)30-29(32(42)38-27-14-13-20(3)16-21(27)4)22(5)37-33-39-34(40-41(30)33)45-19-23-11-9-10-12-26(23)36/h9-14,16-18,30H,6-8,15,19H2,1-5H3,(H,38,42)(H,37,39,40). The van der Waals surface area contributed by atoms with Crippen LogP contribution in [0.15, 0.2) is 75.5 Å². The van der Waals surface area contributed by atoms with Gasteiger partial charge in [-0.1, -0.05) is 72.6 Å². The van der Waals surface area contributed by atoms with Gasteiger partial charge in [0.25, 0.3) is 5.91 Å². The second kappa shape index (κ2) is 14.7. The smallest absolute Gasteiger partial charge is 0.255 e. The van der Waals surface area contributed by atoms with Crippen LogP contribution in [0.1, 0.15) is 61.9 Å². The van der Waals surface area contributed by atoms with Gasteiger partial charge in [0.15, 0.2) is 11.5 Å². The van der Waals surface area contributed by atoms with Crippen LogP contribution >= 0.6 is 39.3 Å². The van der Waals surface area contributed by atoms with Gasteiger partial charge in [0.1, 0.15) is 6.04 Å². The molecule has 5 rings (SSSR count). The van der Waals surface area contributed by atoms with E-state index in [1.165, 1.54) is 11.8 Å². The van der Waals surface area contributed by atoms with Gasteiger partial charge in [0.05, 0.1) is 23.3 Å². The van der Waals surface area contributed by atoms with Crippen LogP contribution in [0.3, 0.4) is 0 Å². The molecule has 1 aliphatic rings. The first-order chi connectivity index (χ1) is 21.7. The summed E-state index contributed by atoms with van der Waals surface area (Å²) in [7, 11) is 0. The van der Waals surface area contributed by atoms with Crippen molar-refractivity contribution in [3.63, 3.8) is 0 Å². The van der Waals surface area contributed by atoms with Crippen LogP contribution in [0, 0.1) is 13.8 Å². The zero-order valence-electron chi connectivity index (χ0n) is 26.0. The van der Waals surface area contributed by atoms with Crippen LogP contribution in [0.25, 0.3) is 0 Å². The maximum atomic E-state index is 14.1. The number of anilines is 2. The molecule has 2 N–H and O–H groups in total. The van der Waals surface area contributed by atoms with Crippen molar-refractivity contribution in [3.8, 4) is 11.5 Å². The van der Waals surface area contributed by atoms with Crippen LogP contribution in [-0.2, 0) is 10.5 Å². The van der Waals surface area contributed by atoms with Crippen molar-refractivity contribution in [1.82, 2.24) is 14.8 Å². The number of halogens is 2. The van der Waals surface area contributed by atoms with Crippen LogP contribution in [0.4, 0.5) is 11.6 Å². The number of nitrogens with one attached hydrogen (secondary N) is 2. The first-order valence-electron chi connectivity index (χ1n) is 15.0. The van der Waals surface area contributed by atoms with E-state index >= 15 is 0 Å². The van der Waals surface area contributed by atoms with Crippen molar-refractivity contribution in [3.05, 3.63) is 97.6 Å². The van der Waals surface area contributed by atoms with Gasteiger partial charge < -0.3 is 20.1 Å². The number of hydrogen-bond acceptors (Lipinski definition) is 7. The number of benzene rings is 3. The number of aromatic nitrogens is 3. The molecule has 8 nitrogen and oxygen atoms in total. The van der Waals surface area contributed by atoms with Crippen molar-refractivity contribution in [2.75, 3.05) is 23.8 Å². The van der Waals surface area contributed by atoms with Crippen LogP contribution < -0.4 is 20.1 Å². The fourth-order valence-electron chi connectivity index (χ4n) is 5.16. The summed E-state index contributed by atoms with van der Waals surface area (Å²) >= 11 is 11.6. The summed E-state index contributed by atoms with van der Waals surface area (Å²) in [6.07, 6.45) is 1.94. The fraction of sp³-hybridized carbons (Fsp3) is 0.324. The maximum absolute atomic E-state index is 14.1. The van der Waals surface area contributed by atoms with E-state index in [4.69, 9.17) is 31.2 Å². The molecule has 0 saturated heterocycles. The highest BCUT2D eigenvalue weighted by atomic mass is 79.9. The second-order valence-electron chi connectivity index (χ2n) is 10.8. The highest BCUT2D eigenvalue weighted by Gasteiger charge is 2.35. The lowest BCUT2D eigenvalue weighted by atomic mass is 9.94. The van der Waals surface area contributed by atoms with Crippen molar-refractivity contribution in [2.24, 2.45) is 0 Å². The fourth-order valence-corrected chi connectivity index (χ4v) is 6.85.